The van der Waals surface area contributed by atoms with Crippen LogP contribution in [0.1, 0.15) is 75.0 Å². The Balaban J connectivity index is 0.00000119. The number of carbonyl (C=O) groups is 2. The van der Waals surface area contributed by atoms with Crippen LogP contribution in [-0.2, 0) is 24.7 Å². The molecule has 2 unspecified atom stereocenters. The molecule has 8 nitrogen and oxygen atoms in total. The first-order valence-electron chi connectivity index (χ1n) is 15.0. The van der Waals surface area contributed by atoms with Crippen LogP contribution >= 0.6 is 0 Å². The number of aliphatic carboxylic acids is 1. The molecule has 0 aliphatic rings. The van der Waals surface area contributed by atoms with Crippen molar-refractivity contribution in [3.63, 3.8) is 0 Å². The van der Waals surface area contributed by atoms with Gasteiger partial charge < -0.3 is 30.8 Å². The van der Waals surface area contributed by atoms with Gasteiger partial charge in [0.25, 0.3) is 0 Å². The van der Waals surface area contributed by atoms with Crippen molar-refractivity contribution in [3.8, 4) is 5.75 Å². The van der Waals surface area contributed by atoms with E-state index in [0.717, 1.165) is 41.7 Å². The fourth-order valence-corrected chi connectivity index (χ4v) is 5.03. The number of carboxylic acid groups (broad SMARTS) is 1. The lowest BCUT2D eigenvalue weighted by molar-refractivity contribution is -0.141. The van der Waals surface area contributed by atoms with Gasteiger partial charge in [0.05, 0.1) is 19.8 Å². The van der Waals surface area contributed by atoms with E-state index in [-0.39, 0.29) is 12.6 Å². The molecule has 3 aromatic carbocycles. The standard InChI is InChI=1S/C33H43NO4.C2H5NO2/c1-4-5-6-7-8-15-20-30(37-3)25-31(32(34)35)38-33(26-16-11-9-12-17-26,27-18-13-10-14-19-27)28-21-23-29(36-2)24-22-28;3-1-2(4)5/h9-14,16-19,21-24,30-31H,4-8,15,20,25H2,1-3H3,(H2,34,35);1,3H2,(H,4,5). The van der Waals surface area contributed by atoms with Gasteiger partial charge in [0, 0.05) is 13.5 Å². The third kappa shape index (κ3) is 11.1. The molecule has 234 valence electrons. The predicted octanol–water partition coefficient (Wildman–Crippen LogP) is 6.04. The summed E-state index contributed by atoms with van der Waals surface area (Å²) in [4.78, 5) is 22.1. The second kappa shape index (κ2) is 19.5. The van der Waals surface area contributed by atoms with Gasteiger partial charge in [0.15, 0.2) is 0 Å². The lowest BCUT2D eigenvalue weighted by Crippen LogP contribution is -2.44. The van der Waals surface area contributed by atoms with Crippen LogP contribution in [0.25, 0.3) is 0 Å². The molecule has 5 N–H and O–H groups in total. The van der Waals surface area contributed by atoms with Crippen molar-refractivity contribution in [1.29, 1.82) is 0 Å². The van der Waals surface area contributed by atoms with Gasteiger partial charge in [-0.2, -0.15) is 0 Å². The summed E-state index contributed by atoms with van der Waals surface area (Å²) >= 11 is 0. The first kappa shape index (κ1) is 35.5. The Hall–Kier alpha value is -3.72. The molecule has 0 aromatic heterocycles. The van der Waals surface area contributed by atoms with Crippen LogP contribution in [0.2, 0.25) is 0 Å². The molecule has 0 fully saturated rings. The monoisotopic (exact) mass is 592 g/mol. The molecule has 0 aliphatic heterocycles. The highest BCUT2D eigenvalue weighted by Gasteiger charge is 2.41. The summed E-state index contributed by atoms with van der Waals surface area (Å²) < 4.78 is 18.2. The van der Waals surface area contributed by atoms with E-state index < -0.39 is 23.6 Å². The molecule has 0 saturated carbocycles. The van der Waals surface area contributed by atoms with Crippen LogP contribution in [0, 0.1) is 0 Å². The molecule has 0 bridgehead atoms. The van der Waals surface area contributed by atoms with Gasteiger partial charge in [-0.3, -0.25) is 9.59 Å². The number of methoxy groups -OCH3 is 2. The zero-order chi connectivity index (χ0) is 31.5. The Labute approximate surface area is 256 Å². The number of ether oxygens (including phenoxy) is 3. The number of hydrogen-bond acceptors (Lipinski definition) is 6. The van der Waals surface area contributed by atoms with Crippen molar-refractivity contribution < 1.29 is 28.9 Å². The number of carbonyl (C=O) groups excluding carboxylic acids is 1. The summed E-state index contributed by atoms with van der Waals surface area (Å²) in [6, 6.07) is 27.8. The molecular weight excluding hydrogens is 544 g/mol. The number of nitrogens with two attached hydrogens (primary N) is 2. The first-order valence-corrected chi connectivity index (χ1v) is 15.0. The lowest BCUT2D eigenvalue weighted by Gasteiger charge is -2.39. The summed E-state index contributed by atoms with van der Waals surface area (Å²) in [5, 5.41) is 7.60. The molecule has 0 spiro atoms. The van der Waals surface area contributed by atoms with E-state index in [4.69, 9.17) is 25.1 Å². The second-order valence-electron chi connectivity index (χ2n) is 10.4. The molecule has 3 rings (SSSR count). The Bertz CT molecular complexity index is 1150. The summed E-state index contributed by atoms with van der Waals surface area (Å²) in [6.45, 7) is 1.95. The van der Waals surface area contributed by atoms with Crippen molar-refractivity contribution >= 4 is 11.9 Å². The molecule has 1 amide bonds. The van der Waals surface area contributed by atoms with Gasteiger partial charge in [0.1, 0.15) is 17.5 Å². The minimum Gasteiger partial charge on any atom is -0.497 e. The number of hydrogen-bond donors (Lipinski definition) is 3. The molecule has 0 radical (unpaired) electrons. The molecule has 0 aliphatic carbocycles. The summed E-state index contributed by atoms with van der Waals surface area (Å²) in [5.41, 5.74) is 12.2. The molecule has 3 aromatic rings. The maximum atomic E-state index is 12.9. The fourth-order valence-electron chi connectivity index (χ4n) is 5.03. The van der Waals surface area contributed by atoms with Crippen LogP contribution in [0.15, 0.2) is 84.9 Å². The zero-order valence-corrected chi connectivity index (χ0v) is 25.7. The molecule has 8 heteroatoms. The predicted molar refractivity (Wildman–Crippen MR) is 170 cm³/mol. The second-order valence-corrected chi connectivity index (χ2v) is 10.4. The van der Waals surface area contributed by atoms with Gasteiger partial charge in [-0.25, -0.2) is 0 Å². The lowest BCUT2D eigenvalue weighted by atomic mass is 9.79. The number of rotatable bonds is 18. The Morgan fingerprint density at radius 1 is 0.791 bits per heavy atom. The topological polar surface area (TPSA) is 134 Å². The maximum absolute atomic E-state index is 12.9. The van der Waals surface area contributed by atoms with Gasteiger partial charge in [-0.05, 0) is 35.2 Å². The Morgan fingerprint density at radius 2 is 1.28 bits per heavy atom. The fraction of sp³-hybridized carbons (Fsp3) is 0.429. The third-order valence-electron chi connectivity index (χ3n) is 7.36. The van der Waals surface area contributed by atoms with Crippen LogP contribution in [-0.4, -0.2) is 50.0 Å². The summed E-state index contributed by atoms with van der Waals surface area (Å²) in [7, 11) is 3.34. The van der Waals surface area contributed by atoms with E-state index in [0.29, 0.717) is 6.42 Å². The number of amides is 1. The largest absolute Gasteiger partial charge is 0.497 e. The third-order valence-corrected chi connectivity index (χ3v) is 7.36. The number of benzene rings is 3. The number of unbranched alkanes of at least 4 members (excludes halogenated alkanes) is 5. The van der Waals surface area contributed by atoms with Gasteiger partial charge in [-0.1, -0.05) is 118 Å². The van der Waals surface area contributed by atoms with Gasteiger partial charge in [-0.15, -0.1) is 0 Å². The summed E-state index contributed by atoms with van der Waals surface area (Å²) in [5.74, 6) is -0.724. The van der Waals surface area contributed by atoms with Crippen LogP contribution in [0.4, 0.5) is 0 Å². The van der Waals surface area contributed by atoms with E-state index >= 15 is 0 Å². The van der Waals surface area contributed by atoms with E-state index in [1.165, 1.54) is 25.7 Å². The van der Waals surface area contributed by atoms with Crippen molar-refractivity contribution in [3.05, 3.63) is 102 Å². The average Bonchev–Trinajstić information content (AvgIpc) is 3.04. The highest BCUT2D eigenvalue weighted by Crippen LogP contribution is 2.42. The van der Waals surface area contributed by atoms with Crippen LogP contribution < -0.4 is 16.2 Å². The maximum Gasteiger partial charge on any atom is 0.317 e. The van der Waals surface area contributed by atoms with Crippen molar-refractivity contribution in [1.82, 2.24) is 0 Å². The molecule has 0 saturated heterocycles. The van der Waals surface area contributed by atoms with Crippen molar-refractivity contribution in [2.45, 2.75) is 76.1 Å². The average molecular weight is 593 g/mol. The van der Waals surface area contributed by atoms with Gasteiger partial charge >= 0.3 is 5.97 Å². The minimum atomic E-state index is -1.06. The molecule has 43 heavy (non-hydrogen) atoms. The highest BCUT2D eigenvalue weighted by atomic mass is 16.5. The highest BCUT2D eigenvalue weighted by molar-refractivity contribution is 5.79. The SMILES string of the molecule is CCCCCCCCC(CC(OC(c1ccccc1)(c1ccccc1)c1ccc(OC)cc1)C(N)=O)OC.NCC(=O)O. The smallest absolute Gasteiger partial charge is 0.317 e. The number of primary amides is 1. The van der Waals surface area contributed by atoms with Crippen LogP contribution in [0.3, 0.4) is 0 Å². The quantitative estimate of drug-likeness (QED) is 0.121. The molecule has 2 atom stereocenters. The van der Waals surface area contributed by atoms with E-state index in [2.05, 4.69) is 12.7 Å². The Morgan fingerprint density at radius 3 is 1.72 bits per heavy atom. The van der Waals surface area contributed by atoms with E-state index in [1.54, 1.807) is 14.2 Å². The van der Waals surface area contributed by atoms with Crippen LogP contribution in [0.5, 0.6) is 5.75 Å². The van der Waals surface area contributed by atoms with Crippen molar-refractivity contribution in [2.75, 3.05) is 20.8 Å². The van der Waals surface area contributed by atoms with E-state index in [9.17, 15) is 9.59 Å². The number of carboxylic acids is 1. The normalized spacial score (nSPS) is 12.5. The molecular formula is C35H48N2O6. The Kier molecular flexibility index (Phi) is 16.1. The molecule has 0 heterocycles. The van der Waals surface area contributed by atoms with Gasteiger partial charge in [0.2, 0.25) is 5.91 Å². The zero-order valence-electron chi connectivity index (χ0n) is 25.7. The minimum absolute atomic E-state index is 0.126. The first-order chi connectivity index (χ1) is 20.8. The summed E-state index contributed by atoms with van der Waals surface area (Å²) in [6.07, 6.45) is 7.47. The van der Waals surface area contributed by atoms with E-state index in [1.807, 2.05) is 84.9 Å². The van der Waals surface area contributed by atoms with Crippen molar-refractivity contribution in [2.24, 2.45) is 11.5 Å².